The summed E-state index contributed by atoms with van der Waals surface area (Å²) < 4.78 is 0. The van der Waals surface area contributed by atoms with Crippen molar-refractivity contribution < 1.29 is 0 Å². The van der Waals surface area contributed by atoms with Gasteiger partial charge in [0.1, 0.15) is 0 Å². The minimum Gasteiger partial charge on any atom is -0.314 e. The van der Waals surface area contributed by atoms with Crippen LogP contribution in [0.2, 0.25) is 0 Å². The Morgan fingerprint density at radius 1 is 1.23 bits per heavy atom. The van der Waals surface area contributed by atoms with E-state index in [1.165, 1.54) is 12.8 Å². The molecule has 2 nitrogen and oxygen atoms in total. The van der Waals surface area contributed by atoms with Gasteiger partial charge in [0.05, 0.1) is 0 Å². The lowest BCUT2D eigenvalue weighted by Gasteiger charge is -2.20. The summed E-state index contributed by atoms with van der Waals surface area (Å²) in [5.41, 5.74) is 0.271. The van der Waals surface area contributed by atoms with Gasteiger partial charge in [-0.15, -0.1) is 0 Å². The van der Waals surface area contributed by atoms with Crippen LogP contribution >= 0.6 is 0 Å². The molecule has 0 aliphatic heterocycles. The maximum Gasteiger partial charge on any atom is 0.00965 e. The van der Waals surface area contributed by atoms with E-state index in [1.807, 2.05) is 0 Å². The van der Waals surface area contributed by atoms with Crippen molar-refractivity contribution in [1.29, 1.82) is 0 Å². The Labute approximate surface area is 82.5 Å². The molecule has 0 amide bonds. The average molecular weight is 184 g/mol. The lowest BCUT2D eigenvalue weighted by molar-refractivity contribution is 0.418. The fraction of sp³-hybridized carbons (Fsp3) is 1.00. The van der Waals surface area contributed by atoms with E-state index in [1.54, 1.807) is 0 Å². The maximum absolute atomic E-state index is 3.55. The molecule has 0 bridgehead atoms. The molecule has 0 spiro atoms. The van der Waals surface area contributed by atoms with Gasteiger partial charge >= 0.3 is 0 Å². The van der Waals surface area contributed by atoms with Crippen LogP contribution in [-0.2, 0) is 0 Å². The van der Waals surface area contributed by atoms with Crippen LogP contribution in [0, 0.1) is 5.92 Å². The van der Waals surface area contributed by atoms with Crippen LogP contribution in [0.5, 0.6) is 0 Å². The van der Waals surface area contributed by atoms with E-state index in [0.29, 0.717) is 0 Å². The van der Waals surface area contributed by atoms with Crippen LogP contribution in [0.25, 0.3) is 0 Å². The van der Waals surface area contributed by atoms with Crippen LogP contribution in [0.3, 0.4) is 0 Å². The number of hydrogen-bond acceptors (Lipinski definition) is 2. The molecular formula is C11H24N2. The Kier molecular flexibility index (Phi) is 3.74. The Balaban J connectivity index is 1.84. The number of hydrogen-bond donors (Lipinski definition) is 2. The zero-order chi connectivity index (χ0) is 9.90. The van der Waals surface area contributed by atoms with E-state index < -0.39 is 0 Å². The molecule has 1 saturated carbocycles. The van der Waals surface area contributed by atoms with E-state index in [0.717, 1.165) is 25.0 Å². The van der Waals surface area contributed by atoms with Gasteiger partial charge in [-0.2, -0.15) is 0 Å². The van der Waals surface area contributed by atoms with Crippen LogP contribution in [0.15, 0.2) is 0 Å². The second kappa shape index (κ2) is 4.43. The van der Waals surface area contributed by atoms with Crippen LogP contribution < -0.4 is 10.6 Å². The second-order valence-corrected chi connectivity index (χ2v) is 5.30. The standard InChI is InChI=1S/C11H24N2/c1-9-8-10(9)12-6-5-7-13-11(2,3)4/h9-10,12-13H,5-8H2,1-4H3. The molecule has 0 saturated heterocycles. The third-order valence-electron chi connectivity index (χ3n) is 2.52. The average Bonchev–Trinajstić information content (AvgIpc) is 2.63. The van der Waals surface area contributed by atoms with Crippen LogP contribution in [-0.4, -0.2) is 24.7 Å². The molecule has 1 rings (SSSR count). The minimum absolute atomic E-state index is 0.271. The highest BCUT2D eigenvalue weighted by molar-refractivity contribution is 4.89. The van der Waals surface area contributed by atoms with Gasteiger partial charge in [-0.3, -0.25) is 0 Å². The summed E-state index contributed by atoms with van der Waals surface area (Å²) in [5.74, 6) is 0.926. The van der Waals surface area contributed by atoms with Crippen molar-refractivity contribution in [1.82, 2.24) is 10.6 Å². The fourth-order valence-electron chi connectivity index (χ4n) is 1.45. The lowest BCUT2D eigenvalue weighted by atomic mass is 10.1. The van der Waals surface area contributed by atoms with E-state index >= 15 is 0 Å². The third-order valence-corrected chi connectivity index (χ3v) is 2.52. The van der Waals surface area contributed by atoms with Crippen LogP contribution in [0.4, 0.5) is 0 Å². The van der Waals surface area contributed by atoms with Gasteiger partial charge in [0.15, 0.2) is 0 Å². The molecule has 2 heteroatoms. The molecule has 13 heavy (non-hydrogen) atoms. The van der Waals surface area contributed by atoms with Crippen molar-refractivity contribution in [2.45, 2.75) is 52.1 Å². The highest BCUT2D eigenvalue weighted by Crippen LogP contribution is 2.28. The zero-order valence-electron chi connectivity index (χ0n) is 9.48. The highest BCUT2D eigenvalue weighted by atomic mass is 15.0. The Morgan fingerprint density at radius 3 is 2.31 bits per heavy atom. The molecule has 1 aliphatic rings. The van der Waals surface area contributed by atoms with Gasteiger partial charge in [0, 0.05) is 11.6 Å². The van der Waals surface area contributed by atoms with Crippen molar-refractivity contribution in [2.75, 3.05) is 13.1 Å². The molecular weight excluding hydrogens is 160 g/mol. The molecule has 2 unspecified atom stereocenters. The summed E-state index contributed by atoms with van der Waals surface area (Å²) in [6, 6.07) is 0.828. The molecule has 2 atom stereocenters. The van der Waals surface area contributed by atoms with Crippen molar-refractivity contribution in [3.63, 3.8) is 0 Å². The maximum atomic E-state index is 3.55. The summed E-state index contributed by atoms with van der Waals surface area (Å²) >= 11 is 0. The summed E-state index contributed by atoms with van der Waals surface area (Å²) in [4.78, 5) is 0. The van der Waals surface area contributed by atoms with E-state index in [2.05, 4.69) is 38.3 Å². The van der Waals surface area contributed by atoms with Gasteiger partial charge in [-0.1, -0.05) is 6.92 Å². The number of rotatable bonds is 5. The van der Waals surface area contributed by atoms with Crippen molar-refractivity contribution >= 4 is 0 Å². The first-order chi connectivity index (χ1) is 5.99. The van der Waals surface area contributed by atoms with E-state index in [9.17, 15) is 0 Å². The van der Waals surface area contributed by atoms with E-state index in [-0.39, 0.29) is 5.54 Å². The first-order valence-corrected chi connectivity index (χ1v) is 5.47. The zero-order valence-corrected chi connectivity index (χ0v) is 9.48. The molecule has 0 heterocycles. The molecule has 0 aromatic rings. The lowest BCUT2D eigenvalue weighted by Crippen LogP contribution is -2.37. The molecule has 0 radical (unpaired) electrons. The van der Waals surface area contributed by atoms with Crippen molar-refractivity contribution in [3.05, 3.63) is 0 Å². The topological polar surface area (TPSA) is 24.1 Å². The monoisotopic (exact) mass is 184 g/mol. The summed E-state index contributed by atoms with van der Waals surface area (Å²) in [5, 5.41) is 7.04. The van der Waals surface area contributed by atoms with Gasteiger partial charge in [-0.05, 0) is 52.6 Å². The first kappa shape index (κ1) is 11.0. The van der Waals surface area contributed by atoms with Gasteiger partial charge in [0.2, 0.25) is 0 Å². The van der Waals surface area contributed by atoms with E-state index in [4.69, 9.17) is 0 Å². The summed E-state index contributed by atoms with van der Waals surface area (Å²) in [7, 11) is 0. The van der Waals surface area contributed by atoms with Gasteiger partial charge in [-0.25, -0.2) is 0 Å². The Morgan fingerprint density at radius 2 is 1.85 bits per heavy atom. The molecule has 1 fully saturated rings. The minimum atomic E-state index is 0.271. The molecule has 78 valence electrons. The SMILES string of the molecule is CC1CC1NCCCNC(C)(C)C. The predicted molar refractivity (Wildman–Crippen MR) is 57.9 cm³/mol. The summed E-state index contributed by atoms with van der Waals surface area (Å²) in [6.07, 6.45) is 2.62. The smallest absolute Gasteiger partial charge is 0.00965 e. The third kappa shape index (κ3) is 5.27. The molecule has 0 aromatic carbocycles. The highest BCUT2D eigenvalue weighted by Gasteiger charge is 2.31. The van der Waals surface area contributed by atoms with Gasteiger partial charge < -0.3 is 10.6 Å². The summed E-state index contributed by atoms with van der Waals surface area (Å²) in [6.45, 7) is 11.2. The molecule has 0 aromatic heterocycles. The largest absolute Gasteiger partial charge is 0.314 e. The van der Waals surface area contributed by atoms with Gasteiger partial charge in [0.25, 0.3) is 0 Å². The first-order valence-electron chi connectivity index (χ1n) is 5.47. The second-order valence-electron chi connectivity index (χ2n) is 5.30. The Hall–Kier alpha value is -0.0800. The predicted octanol–water partition coefficient (Wildman–Crippen LogP) is 1.76. The normalized spacial score (nSPS) is 27.7. The molecule has 1 aliphatic carbocycles. The number of nitrogens with one attached hydrogen (secondary N) is 2. The van der Waals surface area contributed by atoms with Crippen LogP contribution in [0.1, 0.15) is 40.5 Å². The van der Waals surface area contributed by atoms with Crippen molar-refractivity contribution in [2.24, 2.45) is 5.92 Å². The Bertz CT molecular complexity index is 149. The molecule has 2 N–H and O–H groups in total. The van der Waals surface area contributed by atoms with Crippen molar-refractivity contribution in [3.8, 4) is 0 Å². The fourth-order valence-corrected chi connectivity index (χ4v) is 1.45. The quantitative estimate of drug-likeness (QED) is 0.636.